The molecule has 1 aromatic carbocycles. The zero-order valence-electron chi connectivity index (χ0n) is 15.2. The predicted molar refractivity (Wildman–Crippen MR) is 99.4 cm³/mol. The minimum Gasteiger partial charge on any atom is -0.484 e. The summed E-state index contributed by atoms with van der Waals surface area (Å²) in [6, 6.07) is 4.43. The quantitative estimate of drug-likeness (QED) is 0.806. The maximum absolute atomic E-state index is 12.5. The fourth-order valence-electron chi connectivity index (χ4n) is 3.06. The molecule has 0 spiro atoms. The number of carbonyl (C=O) groups is 2. The number of thiazole rings is 1. The van der Waals surface area contributed by atoms with Crippen LogP contribution >= 0.6 is 11.3 Å². The van der Waals surface area contributed by atoms with Crippen molar-refractivity contribution in [3.8, 4) is 5.75 Å². The standard InChI is InChI=1S/C18H20F3N3O3S/c1-2-15(25)24-7-3-4-11(9-24)16(26)23-17-22-13-6-5-12(8-14(13)28-17)27-10-18(19,20)21/h5-6,8,11H,2-4,7,9-10H2,1H3,(H,22,23,26). The second-order valence-corrected chi connectivity index (χ2v) is 7.60. The fourth-order valence-corrected chi connectivity index (χ4v) is 3.96. The first-order chi connectivity index (χ1) is 13.2. The van der Waals surface area contributed by atoms with Gasteiger partial charge in [0, 0.05) is 19.5 Å². The molecule has 2 heterocycles. The fraction of sp³-hybridized carbons (Fsp3) is 0.500. The number of amides is 2. The van der Waals surface area contributed by atoms with Crippen LogP contribution in [-0.2, 0) is 9.59 Å². The summed E-state index contributed by atoms with van der Waals surface area (Å²) in [6.07, 6.45) is -2.54. The summed E-state index contributed by atoms with van der Waals surface area (Å²) in [6.45, 7) is 1.48. The van der Waals surface area contributed by atoms with Crippen LogP contribution in [0.5, 0.6) is 5.75 Å². The molecule has 1 aromatic heterocycles. The molecule has 2 aromatic rings. The normalized spacial score (nSPS) is 17.6. The number of alkyl halides is 3. The summed E-state index contributed by atoms with van der Waals surface area (Å²) in [5, 5.41) is 3.13. The Morgan fingerprint density at radius 1 is 1.39 bits per heavy atom. The average molecular weight is 415 g/mol. The number of ether oxygens (including phenoxy) is 1. The lowest BCUT2D eigenvalue weighted by atomic mass is 9.97. The summed E-state index contributed by atoms with van der Waals surface area (Å²) in [5.74, 6) is -0.389. The predicted octanol–water partition coefficient (Wildman–Crippen LogP) is 3.82. The molecule has 1 N–H and O–H groups in total. The number of likely N-dealkylation sites (tertiary alicyclic amines) is 1. The van der Waals surface area contributed by atoms with E-state index in [2.05, 4.69) is 10.3 Å². The second kappa shape index (κ2) is 8.34. The third kappa shape index (κ3) is 5.12. The van der Waals surface area contributed by atoms with Crippen LogP contribution in [0.15, 0.2) is 18.2 Å². The molecule has 1 atom stereocenters. The van der Waals surface area contributed by atoms with Crippen LogP contribution in [0, 0.1) is 5.92 Å². The molecule has 10 heteroatoms. The molecule has 6 nitrogen and oxygen atoms in total. The van der Waals surface area contributed by atoms with Gasteiger partial charge in [0.1, 0.15) is 5.75 Å². The highest BCUT2D eigenvalue weighted by atomic mass is 32.1. The van der Waals surface area contributed by atoms with E-state index >= 15 is 0 Å². The number of aromatic nitrogens is 1. The van der Waals surface area contributed by atoms with Crippen molar-refractivity contribution in [1.82, 2.24) is 9.88 Å². The highest BCUT2D eigenvalue weighted by Crippen LogP contribution is 2.30. The number of benzene rings is 1. The van der Waals surface area contributed by atoms with Crippen LogP contribution in [0.3, 0.4) is 0 Å². The van der Waals surface area contributed by atoms with Crippen LogP contribution < -0.4 is 10.1 Å². The maximum atomic E-state index is 12.5. The van der Waals surface area contributed by atoms with Crippen molar-refractivity contribution in [2.24, 2.45) is 5.92 Å². The van der Waals surface area contributed by atoms with Gasteiger partial charge in [0.25, 0.3) is 0 Å². The van der Waals surface area contributed by atoms with E-state index in [0.717, 1.165) is 17.8 Å². The maximum Gasteiger partial charge on any atom is 0.422 e. The molecule has 28 heavy (non-hydrogen) atoms. The van der Waals surface area contributed by atoms with E-state index in [1.54, 1.807) is 17.9 Å². The topological polar surface area (TPSA) is 71.5 Å². The van der Waals surface area contributed by atoms with E-state index in [-0.39, 0.29) is 23.5 Å². The van der Waals surface area contributed by atoms with E-state index in [1.165, 1.54) is 12.1 Å². The highest BCUT2D eigenvalue weighted by Gasteiger charge is 2.29. The van der Waals surface area contributed by atoms with Gasteiger partial charge in [0.2, 0.25) is 11.8 Å². The summed E-state index contributed by atoms with van der Waals surface area (Å²) < 4.78 is 42.2. The van der Waals surface area contributed by atoms with E-state index in [1.807, 2.05) is 0 Å². The van der Waals surface area contributed by atoms with E-state index < -0.39 is 12.8 Å². The van der Waals surface area contributed by atoms with Crippen molar-refractivity contribution in [1.29, 1.82) is 0 Å². The van der Waals surface area contributed by atoms with Crippen LogP contribution in [0.2, 0.25) is 0 Å². The number of fused-ring (bicyclic) bond motifs is 1. The first-order valence-electron chi connectivity index (χ1n) is 8.94. The minimum atomic E-state index is -4.41. The lowest BCUT2D eigenvalue weighted by Gasteiger charge is -2.31. The van der Waals surface area contributed by atoms with Gasteiger partial charge in [-0.1, -0.05) is 18.3 Å². The van der Waals surface area contributed by atoms with Gasteiger partial charge in [-0.05, 0) is 31.0 Å². The van der Waals surface area contributed by atoms with Crippen molar-refractivity contribution in [3.63, 3.8) is 0 Å². The molecule has 1 fully saturated rings. The van der Waals surface area contributed by atoms with Gasteiger partial charge in [-0.25, -0.2) is 4.98 Å². The number of nitrogens with one attached hydrogen (secondary N) is 1. The van der Waals surface area contributed by atoms with Crippen LogP contribution in [0.4, 0.5) is 18.3 Å². The summed E-state index contributed by atoms with van der Waals surface area (Å²) in [7, 11) is 0. The molecular weight excluding hydrogens is 395 g/mol. The van der Waals surface area contributed by atoms with Crippen molar-refractivity contribution < 1.29 is 27.5 Å². The number of hydrogen-bond acceptors (Lipinski definition) is 5. The summed E-state index contributed by atoms with van der Waals surface area (Å²) in [5.41, 5.74) is 0.561. The third-order valence-corrected chi connectivity index (χ3v) is 5.37. The number of anilines is 1. The zero-order valence-corrected chi connectivity index (χ0v) is 16.0. The summed E-state index contributed by atoms with van der Waals surface area (Å²) >= 11 is 1.16. The first-order valence-corrected chi connectivity index (χ1v) is 9.75. The third-order valence-electron chi connectivity index (χ3n) is 4.44. The van der Waals surface area contributed by atoms with E-state index in [9.17, 15) is 22.8 Å². The van der Waals surface area contributed by atoms with Gasteiger partial charge >= 0.3 is 6.18 Å². The average Bonchev–Trinajstić information content (AvgIpc) is 3.06. The van der Waals surface area contributed by atoms with Gasteiger partial charge in [-0.2, -0.15) is 13.2 Å². The molecule has 2 amide bonds. The Balaban J connectivity index is 1.65. The number of piperidine rings is 1. The molecule has 1 aliphatic rings. The molecular formula is C18H20F3N3O3S. The molecule has 0 bridgehead atoms. The van der Waals surface area contributed by atoms with Crippen LogP contribution in [-0.4, -0.2) is 47.6 Å². The molecule has 3 rings (SSSR count). The Hall–Kier alpha value is -2.36. The minimum absolute atomic E-state index is 0.0314. The van der Waals surface area contributed by atoms with Crippen LogP contribution in [0.25, 0.3) is 10.2 Å². The van der Waals surface area contributed by atoms with Gasteiger partial charge in [0.15, 0.2) is 11.7 Å². The highest BCUT2D eigenvalue weighted by molar-refractivity contribution is 7.22. The number of hydrogen-bond donors (Lipinski definition) is 1. The molecule has 0 radical (unpaired) electrons. The first kappa shape index (κ1) is 20.4. The van der Waals surface area contributed by atoms with Gasteiger partial charge in [-0.3, -0.25) is 9.59 Å². The molecule has 1 unspecified atom stereocenters. The zero-order chi connectivity index (χ0) is 20.3. The molecule has 1 saturated heterocycles. The van der Waals surface area contributed by atoms with Crippen molar-refractivity contribution in [3.05, 3.63) is 18.2 Å². The van der Waals surface area contributed by atoms with Crippen LogP contribution in [0.1, 0.15) is 26.2 Å². The molecule has 152 valence electrons. The Morgan fingerprint density at radius 3 is 2.89 bits per heavy atom. The van der Waals surface area contributed by atoms with E-state index in [4.69, 9.17) is 4.74 Å². The smallest absolute Gasteiger partial charge is 0.422 e. The number of rotatable bonds is 5. The van der Waals surface area contributed by atoms with Crippen molar-refractivity contribution in [2.75, 3.05) is 25.0 Å². The van der Waals surface area contributed by atoms with Crippen molar-refractivity contribution in [2.45, 2.75) is 32.4 Å². The SMILES string of the molecule is CCC(=O)N1CCCC(C(=O)Nc2nc3ccc(OCC(F)(F)F)cc3s2)C1. The second-order valence-electron chi connectivity index (χ2n) is 6.57. The molecule has 0 aliphatic carbocycles. The lowest BCUT2D eigenvalue weighted by Crippen LogP contribution is -2.43. The van der Waals surface area contributed by atoms with E-state index in [0.29, 0.717) is 41.3 Å². The largest absolute Gasteiger partial charge is 0.484 e. The van der Waals surface area contributed by atoms with Crippen molar-refractivity contribution >= 4 is 38.5 Å². The number of carbonyl (C=O) groups excluding carboxylic acids is 2. The lowest BCUT2D eigenvalue weighted by molar-refractivity contribution is -0.153. The Kier molecular flexibility index (Phi) is 6.07. The summed E-state index contributed by atoms with van der Waals surface area (Å²) in [4.78, 5) is 30.4. The Labute approximate surface area is 163 Å². The Morgan fingerprint density at radius 2 is 2.18 bits per heavy atom. The number of nitrogens with zero attached hydrogens (tertiary/aromatic N) is 2. The van der Waals surface area contributed by atoms with Gasteiger partial charge < -0.3 is 15.0 Å². The molecule has 1 aliphatic heterocycles. The van der Waals surface area contributed by atoms with Gasteiger partial charge in [-0.15, -0.1) is 0 Å². The monoisotopic (exact) mass is 415 g/mol. The molecule has 0 saturated carbocycles. The number of halogens is 3. The Bertz CT molecular complexity index is 869. The van der Waals surface area contributed by atoms with Gasteiger partial charge in [0.05, 0.1) is 16.1 Å².